The minimum atomic E-state index is -0.332. The summed E-state index contributed by atoms with van der Waals surface area (Å²) in [5, 5.41) is 4.20. The van der Waals surface area contributed by atoms with Crippen LogP contribution in [-0.2, 0) is 0 Å². The van der Waals surface area contributed by atoms with Gasteiger partial charge in [0, 0.05) is 28.2 Å². The number of anilines is 1. The molecule has 2 aromatic rings. The number of alkyl halides is 1. The van der Waals surface area contributed by atoms with Crippen LogP contribution in [0.5, 0.6) is 0 Å². The van der Waals surface area contributed by atoms with Gasteiger partial charge in [0.05, 0.1) is 4.87 Å². The van der Waals surface area contributed by atoms with E-state index in [0.717, 1.165) is 22.0 Å². The van der Waals surface area contributed by atoms with E-state index in [1.807, 2.05) is 12.1 Å². The Morgan fingerprint density at radius 3 is 2.42 bits per heavy atom. The molecule has 0 radical (unpaired) electrons. The predicted molar refractivity (Wildman–Crippen MR) is 105 cm³/mol. The molecule has 1 saturated carbocycles. The molecule has 1 nitrogen and oxygen atoms in total. The maximum atomic E-state index is 6.79. The summed E-state index contributed by atoms with van der Waals surface area (Å²) in [5.41, 5.74) is 6.90. The fourth-order valence-electron chi connectivity index (χ4n) is 3.57. The van der Waals surface area contributed by atoms with Crippen LogP contribution >= 0.6 is 23.2 Å². The first-order chi connectivity index (χ1) is 11.2. The largest absolute Gasteiger partial charge is 0.359 e. The van der Waals surface area contributed by atoms with E-state index < -0.39 is 0 Å². The van der Waals surface area contributed by atoms with Crippen molar-refractivity contribution in [2.24, 2.45) is 5.92 Å². The normalized spacial score (nSPS) is 25.4. The van der Waals surface area contributed by atoms with Crippen LogP contribution < -0.4 is 5.32 Å². The van der Waals surface area contributed by atoms with Gasteiger partial charge in [-0.3, -0.25) is 0 Å². The Kier molecular flexibility index (Phi) is 4.44. The summed E-state index contributed by atoms with van der Waals surface area (Å²) in [6, 6.07) is 12.5. The van der Waals surface area contributed by atoms with Gasteiger partial charge < -0.3 is 5.32 Å². The number of nitrogens with one attached hydrogen (secondary N) is 1. The first-order valence-corrected chi connectivity index (χ1v) is 8.95. The van der Waals surface area contributed by atoms with E-state index in [2.05, 4.69) is 63.9 Å². The van der Waals surface area contributed by atoms with Crippen molar-refractivity contribution in [3.8, 4) is 0 Å². The Hall–Kier alpha value is -1.44. The van der Waals surface area contributed by atoms with Crippen LogP contribution in [0.25, 0.3) is 0 Å². The van der Waals surface area contributed by atoms with Crippen LogP contribution in [-0.4, -0.2) is 4.87 Å². The summed E-state index contributed by atoms with van der Waals surface area (Å²) in [7, 11) is 0. The van der Waals surface area contributed by atoms with E-state index in [1.165, 1.54) is 16.7 Å². The monoisotopic (exact) mass is 359 g/mol. The Morgan fingerprint density at radius 2 is 1.79 bits per heavy atom. The molecule has 3 atom stereocenters. The summed E-state index contributed by atoms with van der Waals surface area (Å²) < 4.78 is 0. The van der Waals surface area contributed by atoms with Crippen molar-refractivity contribution in [2.75, 3.05) is 5.32 Å². The van der Waals surface area contributed by atoms with Crippen molar-refractivity contribution in [3.05, 3.63) is 76.0 Å². The molecule has 0 aromatic heterocycles. The molecular formula is C21H23Cl2N. The zero-order chi connectivity index (χ0) is 17.6. The maximum Gasteiger partial charge on any atom is 0.0582 e. The molecule has 0 spiro atoms. The molecule has 3 rings (SSSR count). The summed E-state index contributed by atoms with van der Waals surface area (Å²) in [6.45, 7) is 12.6. The molecule has 0 amide bonds. The summed E-state index contributed by atoms with van der Waals surface area (Å²) in [6.07, 6.45) is 0. The quantitative estimate of drug-likeness (QED) is 0.606. The molecule has 1 aliphatic carbocycles. The average Bonchev–Trinajstić information content (AvgIpc) is 3.05. The first-order valence-electron chi connectivity index (χ1n) is 8.19. The smallest absolute Gasteiger partial charge is 0.0582 e. The molecule has 1 fully saturated rings. The molecule has 0 heterocycles. The summed E-state index contributed by atoms with van der Waals surface area (Å²) in [4.78, 5) is -0.332. The molecule has 3 unspecified atom stereocenters. The number of hydrogen-bond acceptors (Lipinski definition) is 1. The number of allylic oxidation sites excluding steroid dienone is 1. The van der Waals surface area contributed by atoms with Gasteiger partial charge in [0.15, 0.2) is 0 Å². The minimum Gasteiger partial charge on any atom is -0.359 e. The number of hydrogen-bond donors (Lipinski definition) is 1. The maximum absolute atomic E-state index is 6.79. The lowest BCUT2D eigenvalue weighted by Crippen LogP contribution is -2.05. The van der Waals surface area contributed by atoms with E-state index in [1.54, 1.807) is 0 Å². The lowest BCUT2D eigenvalue weighted by atomic mass is 10.0. The van der Waals surface area contributed by atoms with E-state index in [-0.39, 0.29) is 16.7 Å². The predicted octanol–water partition coefficient (Wildman–Crippen LogP) is 6.60. The first kappa shape index (κ1) is 17.4. The van der Waals surface area contributed by atoms with Gasteiger partial charge in [-0.25, -0.2) is 0 Å². The fourth-order valence-corrected chi connectivity index (χ4v) is 4.31. The molecule has 2 aromatic carbocycles. The average molecular weight is 360 g/mol. The second kappa shape index (κ2) is 6.13. The molecular weight excluding hydrogens is 337 g/mol. The van der Waals surface area contributed by atoms with E-state index >= 15 is 0 Å². The van der Waals surface area contributed by atoms with Crippen LogP contribution in [0.4, 0.5) is 5.69 Å². The lowest BCUT2D eigenvalue weighted by Gasteiger charge is -2.12. The Bertz CT molecular complexity index is 787. The summed E-state index contributed by atoms with van der Waals surface area (Å²) >= 11 is 13.0. The van der Waals surface area contributed by atoms with E-state index in [4.69, 9.17) is 23.2 Å². The van der Waals surface area contributed by atoms with E-state index in [9.17, 15) is 0 Å². The standard InChI is InChI=1S/C21H23Cl2N/c1-12-8-16(11-17(22)9-12)20-19(21(20,5)23)15(4)24-18-7-6-13(2)14(3)10-18/h6-11,19-20,24H,4H2,1-3,5H3. The van der Waals surface area contributed by atoms with Crippen LogP contribution in [0.3, 0.4) is 0 Å². The summed E-state index contributed by atoms with van der Waals surface area (Å²) in [5.74, 6) is 0.404. The molecule has 0 saturated heterocycles. The molecule has 0 aliphatic heterocycles. The van der Waals surface area contributed by atoms with Gasteiger partial charge in [0.25, 0.3) is 0 Å². The van der Waals surface area contributed by atoms with Gasteiger partial charge in [-0.1, -0.05) is 30.3 Å². The van der Waals surface area contributed by atoms with Gasteiger partial charge in [-0.05, 0) is 74.2 Å². The highest BCUT2D eigenvalue weighted by atomic mass is 35.5. The molecule has 3 heteroatoms. The Morgan fingerprint density at radius 1 is 1.08 bits per heavy atom. The third-order valence-corrected chi connectivity index (χ3v) is 5.74. The van der Waals surface area contributed by atoms with Crippen LogP contribution in [0.1, 0.15) is 35.1 Å². The zero-order valence-electron chi connectivity index (χ0n) is 14.6. The van der Waals surface area contributed by atoms with Crippen molar-refractivity contribution >= 4 is 28.9 Å². The third-order valence-electron chi connectivity index (χ3n) is 5.05. The highest BCUT2D eigenvalue weighted by Gasteiger charge is 2.62. The minimum absolute atomic E-state index is 0.179. The van der Waals surface area contributed by atoms with Crippen molar-refractivity contribution in [1.29, 1.82) is 0 Å². The molecule has 1 N–H and O–H groups in total. The van der Waals surface area contributed by atoms with Crippen LogP contribution in [0.15, 0.2) is 48.7 Å². The van der Waals surface area contributed by atoms with Gasteiger partial charge in [0.2, 0.25) is 0 Å². The number of aryl methyl sites for hydroxylation is 3. The van der Waals surface area contributed by atoms with Gasteiger partial charge in [-0.15, -0.1) is 11.6 Å². The second-order valence-corrected chi connectivity index (χ2v) is 8.37. The molecule has 126 valence electrons. The van der Waals surface area contributed by atoms with Crippen molar-refractivity contribution in [1.82, 2.24) is 0 Å². The van der Waals surface area contributed by atoms with Gasteiger partial charge >= 0.3 is 0 Å². The van der Waals surface area contributed by atoms with Crippen molar-refractivity contribution < 1.29 is 0 Å². The Balaban J connectivity index is 1.81. The second-order valence-electron chi connectivity index (χ2n) is 7.12. The van der Waals surface area contributed by atoms with Crippen molar-refractivity contribution in [3.63, 3.8) is 0 Å². The van der Waals surface area contributed by atoms with Crippen LogP contribution in [0.2, 0.25) is 5.02 Å². The lowest BCUT2D eigenvalue weighted by molar-refractivity contribution is 0.898. The van der Waals surface area contributed by atoms with E-state index in [0.29, 0.717) is 0 Å². The Labute approximate surface area is 154 Å². The fraction of sp³-hybridized carbons (Fsp3) is 0.333. The van der Waals surface area contributed by atoms with Crippen LogP contribution in [0, 0.1) is 26.7 Å². The number of benzene rings is 2. The molecule has 0 bridgehead atoms. The van der Waals surface area contributed by atoms with Gasteiger partial charge in [0.1, 0.15) is 0 Å². The highest BCUT2D eigenvalue weighted by molar-refractivity contribution is 6.31. The van der Waals surface area contributed by atoms with Gasteiger partial charge in [-0.2, -0.15) is 0 Å². The van der Waals surface area contributed by atoms with Crippen molar-refractivity contribution in [2.45, 2.75) is 38.5 Å². The number of rotatable bonds is 4. The highest BCUT2D eigenvalue weighted by Crippen LogP contribution is 2.64. The molecule has 1 aliphatic rings. The topological polar surface area (TPSA) is 12.0 Å². The third kappa shape index (κ3) is 3.20. The SMILES string of the molecule is C=C(Nc1ccc(C)c(C)c1)C1C(c2cc(C)cc(Cl)c2)C1(C)Cl. The molecule has 24 heavy (non-hydrogen) atoms. The zero-order valence-corrected chi connectivity index (χ0v) is 16.1. The number of halogens is 2.